The smallest absolute Gasteiger partial charge is 0.277 e. The van der Waals surface area contributed by atoms with E-state index in [0.29, 0.717) is 17.3 Å². The van der Waals surface area contributed by atoms with Crippen LogP contribution < -0.4 is 15.0 Å². The molecule has 4 rings (SSSR count). The van der Waals surface area contributed by atoms with Gasteiger partial charge in [0, 0.05) is 19.8 Å². The van der Waals surface area contributed by atoms with Gasteiger partial charge in [0.2, 0.25) is 12.3 Å². The van der Waals surface area contributed by atoms with E-state index in [9.17, 15) is 14.7 Å². The lowest BCUT2D eigenvalue weighted by Crippen LogP contribution is -2.52. The first-order valence-electron chi connectivity index (χ1n) is 9.71. The molecule has 3 aromatic rings. The van der Waals surface area contributed by atoms with Gasteiger partial charge in [-0.3, -0.25) is 14.5 Å². The van der Waals surface area contributed by atoms with Crippen LogP contribution in [-0.2, 0) is 11.3 Å². The Bertz CT molecular complexity index is 1110. The molecule has 2 amide bonds. The molecule has 9 nitrogen and oxygen atoms in total. The summed E-state index contributed by atoms with van der Waals surface area (Å²) in [6.07, 6.45) is 0.320. The number of nitrogens with zero attached hydrogens (tertiary/aromatic N) is 4. The lowest BCUT2D eigenvalue weighted by molar-refractivity contribution is -0.116. The van der Waals surface area contributed by atoms with Crippen molar-refractivity contribution in [3.05, 3.63) is 66.1 Å². The second-order valence-electron chi connectivity index (χ2n) is 7.41. The number of imidazole rings is 1. The standard InChI is InChI=1S/C22H23N5O4/c1-14-4-8-16(9-5-14)31-17-10-6-15(7-11-17)24-18(28)12-27-13-23-20-19(27)21(29)26(3)22(30)25(20)2/h4-11,13,22,30H,12H2,1-3H3,(H,24,28). The fraction of sp³-hybridized carbons (Fsp3) is 0.227. The molecule has 2 aromatic carbocycles. The van der Waals surface area contributed by atoms with Crippen molar-refractivity contribution in [1.82, 2.24) is 14.5 Å². The van der Waals surface area contributed by atoms with Gasteiger partial charge in [-0.25, -0.2) is 4.98 Å². The van der Waals surface area contributed by atoms with Crippen LogP contribution in [0.25, 0.3) is 0 Å². The van der Waals surface area contributed by atoms with Crippen LogP contribution in [0.1, 0.15) is 16.1 Å². The molecule has 160 valence electrons. The number of benzene rings is 2. The number of anilines is 2. The molecular weight excluding hydrogens is 398 g/mol. The van der Waals surface area contributed by atoms with E-state index in [1.165, 1.54) is 27.7 Å². The molecule has 0 radical (unpaired) electrons. The van der Waals surface area contributed by atoms with Crippen molar-refractivity contribution in [2.24, 2.45) is 0 Å². The molecule has 2 heterocycles. The molecule has 0 bridgehead atoms. The third-order valence-corrected chi connectivity index (χ3v) is 5.08. The normalized spacial score (nSPS) is 15.6. The van der Waals surface area contributed by atoms with Crippen molar-refractivity contribution < 1.29 is 19.4 Å². The zero-order valence-electron chi connectivity index (χ0n) is 17.4. The van der Waals surface area contributed by atoms with Crippen molar-refractivity contribution in [2.75, 3.05) is 24.3 Å². The minimum Gasteiger partial charge on any atom is -0.457 e. The van der Waals surface area contributed by atoms with Gasteiger partial charge in [0.25, 0.3) is 5.91 Å². The third kappa shape index (κ3) is 4.08. The molecule has 0 fully saturated rings. The Hall–Kier alpha value is -3.85. The van der Waals surface area contributed by atoms with Crippen LogP contribution in [0.5, 0.6) is 11.5 Å². The van der Waals surface area contributed by atoms with Gasteiger partial charge in [0.15, 0.2) is 11.5 Å². The number of carbonyl (C=O) groups is 2. The Morgan fingerprint density at radius 3 is 2.32 bits per heavy atom. The van der Waals surface area contributed by atoms with Crippen LogP contribution >= 0.6 is 0 Å². The van der Waals surface area contributed by atoms with Gasteiger partial charge >= 0.3 is 0 Å². The van der Waals surface area contributed by atoms with Crippen molar-refractivity contribution >= 4 is 23.3 Å². The summed E-state index contributed by atoms with van der Waals surface area (Å²) >= 11 is 0. The van der Waals surface area contributed by atoms with Gasteiger partial charge in [-0.15, -0.1) is 0 Å². The molecule has 1 aromatic heterocycles. The van der Waals surface area contributed by atoms with Gasteiger partial charge in [-0.1, -0.05) is 17.7 Å². The predicted molar refractivity (Wildman–Crippen MR) is 115 cm³/mol. The first-order valence-corrected chi connectivity index (χ1v) is 9.71. The van der Waals surface area contributed by atoms with E-state index in [2.05, 4.69) is 10.3 Å². The Balaban J connectivity index is 1.41. The van der Waals surface area contributed by atoms with Crippen LogP contribution in [0.3, 0.4) is 0 Å². The highest BCUT2D eigenvalue weighted by Gasteiger charge is 2.36. The van der Waals surface area contributed by atoms with Gasteiger partial charge in [0.05, 0.1) is 6.33 Å². The summed E-state index contributed by atoms with van der Waals surface area (Å²) in [4.78, 5) is 31.9. The van der Waals surface area contributed by atoms with Crippen molar-refractivity contribution in [1.29, 1.82) is 0 Å². The summed E-state index contributed by atoms with van der Waals surface area (Å²) in [5, 5.41) is 12.9. The average Bonchev–Trinajstić information content (AvgIpc) is 3.17. The van der Waals surface area contributed by atoms with Crippen LogP contribution in [0.2, 0.25) is 0 Å². The van der Waals surface area contributed by atoms with E-state index in [0.717, 1.165) is 11.3 Å². The molecule has 0 saturated heterocycles. The molecule has 1 aliphatic rings. The third-order valence-electron chi connectivity index (χ3n) is 5.08. The summed E-state index contributed by atoms with van der Waals surface area (Å²) in [5.41, 5.74) is 2.01. The largest absolute Gasteiger partial charge is 0.457 e. The van der Waals surface area contributed by atoms with Crippen LogP contribution in [0.15, 0.2) is 54.9 Å². The quantitative estimate of drug-likeness (QED) is 0.656. The second-order valence-corrected chi connectivity index (χ2v) is 7.41. The number of hydrogen-bond donors (Lipinski definition) is 2. The molecule has 9 heteroatoms. The number of carbonyl (C=O) groups excluding carboxylic acids is 2. The summed E-state index contributed by atoms with van der Waals surface area (Å²) < 4.78 is 7.26. The molecule has 1 unspecified atom stereocenters. The molecule has 2 N–H and O–H groups in total. The Morgan fingerprint density at radius 2 is 1.68 bits per heavy atom. The van der Waals surface area contributed by atoms with Gasteiger partial charge in [0.1, 0.15) is 18.0 Å². The maximum Gasteiger partial charge on any atom is 0.277 e. The number of aromatic nitrogens is 2. The topological polar surface area (TPSA) is 99.9 Å². The molecule has 0 spiro atoms. The maximum absolute atomic E-state index is 12.5. The Kier molecular flexibility index (Phi) is 5.35. The zero-order chi connectivity index (χ0) is 22.1. The van der Waals surface area contributed by atoms with E-state index >= 15 is 0 Å². The molecular formula is C22H23N5O4. The Morgan fingerprint density at radius 1 is 1.06 bits per heavy atom. The predicted octanol–water partition coefficient (Wildman–Crippen LogP) is 2.42. The molecule has 0 aliphatic carbocycles. The number of ether oxygens (including phenoxy) is 1. The highest BCUT2D eigenvalue weighted by molar-refractivity contribution is 6.00. The lowest BCUT2D eigenvalue weighted by Gasteiger charge is -2.36. The number of aliphatic hydroxyl groups excluding tert-OH is 1. The monoisotopic (exact) mass is 421 g/mol. The van der Waals surface area contributed by atoms with Crippen molar-refractivity contribution in [3.63, 3.8) is 0 Å². The van der Waals surface area contributed by atoms with E-state index in [4.69, 9.17) is 4.74 Å². The highest BCUT2D eigenvalue weighted by Crippen LogP contribution is 2.27. The number of aliphatic hydroxyl groups is 1. The number of amides is 2. The number of rotatable bonds is 5. The molecule has 0 saturated carbocycles. The minimum atomic E-state index is -1.10. The van der Waals surface area contributed by atoms with Crippen LogP contribution in [-0.4, -0.2) is 51.8 Å². The summed E-state index contributed by atoms with van der Waals surface area (Å²) in [5.74, 6) is 1.01. The molecule has 1 atom stereocenters. The number of nitrogens with one attached hydrogen (secondary N) is 1. The maximum atomic E-state index is 12.5. The van der Waals surface area contributed by atoms with E-state index in [1.807, 2.05) is 31.2 Å². The van der Waals surface area contributed by atoms with Crippen molar-refractivity contribution in [3.8, 4) is 11.5 Å². The van der Waals surface area contributed by atoms with E-state index in [-0.39, 0.29) is 18.1 Å². The fourth-order valence-electron chi connectivity index (χ4n) is 3.31. The lowest BCUT2D eigenvalue weighted by atomic mass is 10.2. The van der Waals surface area contributed by atoms with Gasteiger partial charge < -0.3 is 24.6 Å². The summed E-state index contributed by atoms with van der Waals surface area (Å²) in [7, 11) is 3.12. The molecule has 31 heavy (non-hydrogen) atoms. The first-order chi connectivity index (χ1) is 14.8. The van der Waals surface area contributed by atoms with Crippen LogP contribution in [0, 0.1) is 6.92 Å². The number of fused-ring (bicyclic) bond motifs is 1. The molecule has 1 aliphatic heterocycles. The fourth-order valence-corrected chi connectivity index (χ4v) is 3.31. The van der Waals surface area contributed by atoms with Crippen LogP contribution in [0.4, 0.5) is 11.5 Å². The van der Waals surface area contributed by atoms with Gasteiger partial charge in [-0.2, -0.15) is 0 Å². The average molecular weight is 421 g/mol. The highest BCUT2D eigenvalue weighted by atomic mass is 16.5. The van der Waals surface area contributed by atoms with E-state index in [1.54, 1.807) is 31.3 Å². The number of hydrogen-bond acceptors (Lipinski definition) is 6. The van der Waals surface area contributed by atoms with Gasteiger partial charge in [-0.05, 0) is 43.3 Å². The van der Waals surface area contributed by atoms with Crippen molar-refractivity contribution in [2.45, 2.75) is 19.8 Å². The summed E-state index contributed by atoms with van der Waals surface area (Å²) in [6.45, 7) is 1.92. The Labute approximate surface area is 179 Å². The summed E-state index contributed by atoms with van der Waals surface area (Å²) in [6, 6.07) is 14.8. The SMILES string of the molecule is Cc1ccc(Oc2ccc(NC(=O)Cn3cnc4c3C(=O)N(C)C(O)N4C)cc2)cc1. The zero-order valence-corrected chi connectivity index (χ0v) is 17.4. The minimum absolute atomic E-state index is 0.0898. The second kappa shape index (κ2) is 8.11. The van der Waals surface area contributed by atoms with E-state index < -0.39 is 12.3 Å². The first kappa shape index (κ1) is 20.4. The number of aryl methyl sites for hydroxylation is 1.